The molecule has 0 amide bonds. The number of ether oxygens (including phenoxy) is 1. The van der Waals surface area contributed by atoms with E-state index in [1.807, 2.05) is 30.3 Å². The molecule has 0 bridgehead atoms. The van der Waals surface area contributed by atoms with Crippen molar-refractivity contribution < 1.29 is 17.7 Å². The highest BCUT2D eigenvalue weighted by molar-refractivity contribution is 7.89. The number of rotatable bonds is 5. The van der Waals surface area contributed by atoms with Crippen molar-refractivity contribution >= 4 is 10.0 Å². The number of sulfonamides is 1. The van der Waals surface area contributed by atoms with E-state index >= 15 is 0 Å². The van der Waals surface area contributed by atoms with Crippen LogP contribution in [0.3, 0.4) is 0 Å². The van der Waals surface area contributed by atoms with Crippen LogP contribution in [-0.2, 0) is 10.0 Å². The van der Waals surface area contributed by atoms with Crippen LogP contribution >= 0.6 is 0 Å². The molecule has 1 fully saturated rings. The van der Waals surface area contributed by atoms with E-state index in [0.29, 0.717) is 24.7 Å². The van der Waals surface area contributed by atoms with Crippen molar-refractivity contribution in [1.29, 1.82) is 0 Å². The molecule has 0 aliphatic carbocycles. The maximum atomic E-state index is 13.2. The lowest BCUT2D eigenvalue weighted by Gasteiger charge is -2.17. The molecule has 0 spiro atoms. The molecular formula is C19H19N3O4S. The number of aromatic nitrogens is 2. The Kier molecular flexibility index (Phi) is 4.67. The molecule has 1 aromatic heterocycles. The van der Waals surface area contributed by atoms with Crippen LogP contribution in [0.1, 0.15) is 23.2 Å². The van der Waals surface area contributed by atoms with E-state index in [0.717, 1.165) is 5.56 Å². The molecule has 3 aromatic rings. The molecule has 1 aliphatic heterocycles. The highest BCUT2D eigenvalue weighted by Gasteiger charge is 2.42. The van der Waals surface area contributed by atoms with Gasteiger partial charge in [0, 0.05) is 31.0 Å². The average molecular weight is 385 g/mol. The van der Waals surface area contributed by atoms with Crippen LogP contribution in [0.15, 0.2) is 70.4 Å². The fourth-order valence-electron chi connectivity index (χ4n) is 3.52. The Morgan fingerprint density at radius 3 is 2.56 bits per heavy atom. The Hall–Kier alpha value is -2.71. The number of hydrogen-bond acceptors (Lipinski definition) is 6. The second kappa shape index (κ2) is 7.13. The Balaban J connectivity index is 1.70. The van der Waals surface area contributed by atoms with Gasteiger partial charge in [-0.15, -0.1) is 0 Å². The number of nitrogens with zero attached hydrogens (tertiary/aromatic N) is 3. The molecule has 8 heteroatoms. The first kappa shape index (κ1) is 17.7. The first-order valence-corrected chi connectivity index (χ1v) is 9.99. The van der Waals surface area contributed by atoms with Crippen molar-refractivity contribution in [2.45, 2.75) is 16.7 Å². The van der Waals surface area contributed by atoms with Crippen molar-refractivity contribution in [3.63, 3.8) is 0 Å². The molecule has 2 heterocycles. The second-order valence-corrected chi connectivity index (χ2v) is 8.35. The highest BCUT2D eigenvalue weighted by Crippen LogP contribution is 2.40. The normalized spacial score (nSPS) is 20.6. The van der Waals surface area contributed by atoms with Crippen LogP contribution in [0.5, 0.6) is 5.75 Å². The lowest BCUT2D eigenvalue weighted by atomic mass is 9.88. The van der Waals surface area contributed by atoms with E-state index in [1.54, 1.807) is 18.2 Å². The Morgan fingerprint density at radius 2 is 1.85 bits per heavy atom. The van der Waals surface area contributed by atoms with Gasteiger partial charge in [-0.25, -0.2) is 8.42 Å². The van der Waals surface area contributed by atoms with Crippen molar-refractivity contribution in [3.05, 3.63) is 72.4 Å². The fraction of sp³-hybridized carbons (Fsp3) is 0.263. The van der Waals surface area contributed by atoms with E-state index < -0.39 is 10.0 Å². The molecule has 0 saturated carbocycles. The largest absolute Gasteiger partial charge is 0.497 e. The van der Waals surface area contributed by atoms with E-state index in [1.165, 1.54) is 23.9 Å². The third-order valence-electron chi connectivity index (χ3n) is 4.90. The van der Waals surface area contributed by atoms with Gasteiger partial charge in [-0.2, -0.15) is 9.29 Å². The number of benzene rings is 2. The molecule has 0 N–H and O–H groups in total. The molecular weight excluding hydrogens is 366 g/mol. The monoisotopic (exact) mass is 385 g/mol. The molecule has 4 rings (SSSR count). The van der Waals surface area contributed by atoms with Crippen LogP contribution in [0.2, 0.25) is 0 Å². The molecule has 27 heavy (non-hydrogen) atoms. The summed E-state index contributed by atoms with van der Waals surface area (Å²) in [5.41, 5.74) is 1.05. The third kappa shape index (κ3) is 3.33. The lowest BCUT2D eigenvalue weighted by molar-refractivity contribution is 0.401. The summed E-state index contributed by atoms with van der Waals surface area (Å²) in [6.45, 7) is 0.640. The zero-order valence-electron chi connectivity index (χ0n) is 14.7. The molecule has 7 nitrogen and oxygen atoms in total. The minimum absolute atomic E-state index is 0.0517. The molecule has 1 aliphatic rings. The Bertz CT molecular complexity index is 1010. The quantitative estimate of drug-likeness (QED) is 0.671. The summed E-state index contributed by atoms with van der Waals surface area (Å²) in [5.74, 6) is 0.799. The summed E-state index contributed by atoms with van der Waals surface area (Å²) in [6.07, 6.45) is 1.27. The number of hydrogen-bond donors (Lipinski definition) is 0. The third-order valence-corrected chi connectivity index (χ3v) is 6.73. The zero-order valence-corrected chi connectivity index (χ0v) is 15.5. The topological polar surface area (TPSA) is 85.5 Å². The maximum Gasteiger partial charge on any atom is 0.243 e. The van der Waals surface area contributed by atoms with Crippen LogP contribution in [-0.4, -0.2) is 43.1 Å². The van der Waals surface area contributed by atoms with Crippen molar-refractivity contribution in [2.24, 2.45) is 0 Å². The average Bonchev–Trinajstić information content (AvgIpc) is 3.38. The minimum atomic E-state index is -3.67. The first-order valence-electron chi connectivity index (χ1n) is 8.55. The van der Waals surface area contributed by atoms with Gasteiger partial charge in [0.05, 0.1) is 12.0 Å². The van der Waals surface area contributed by atoms with Gasteiger partial charge in [0.15, 0.2) is 5.82 Å². The first-order chi connectivity index (χ1) is 13.1. The van der Waals surface area contributed by atoms with Gasteiger partial charge in [-0.3, -0.25) is 0 Å². The molecule has 1 saturated heterocycles. The summed E-state index contributed by atoms with van der Waals surface area (Å²) >= 11 is 0. The Morgan fingerprint density at radius 1 is 1.07 bits per heavy atom. The highest BCUT2D eigenvalue weighted by atomic mass is 32.2. The van der Waals surface area contributed by atoms with Crippen LogP contribution in [0.4, 0.5) is 0 Å². The van der Waals surface area contributed by atoms with Gasteiger partial charge < -0.3 is 9.26 Å². The second-order valence-electron chi connectivity index (χ2n) is 6.41. The van der Waals surface area contributed by atoms with Crippen molar-refractivity contribution in [1.82, 2.24) is 14.4 Å². The summed E-state index contributed by atoms with van der Waals surface area (Å²) in [4.78, 5) is 4.38. The van der Waals surface area contributed by atoms with Gasteiger partial charge in [0.25, 0.3) is 0 Å². The van der Waals surface area contributed by atoms with E-state index in [9.17, 15) is 8.42 Å². The summed E-state index contributed by atoms with van der Waals surface area (Å²) < 4.78 is 38.0. The van der Waals surface area contributed by atoms with Gasteiger partial charge in [0.2, 0.25) is 16.4 Å². The molecule has 140 valence electrons. The summed E-state index contributed by atoms with van der Waals surface area (Å²) in [5, 5.41) is 3.96. The predicted octanol–water partition coefficient (Wildman–Crippen LogP) is 2.65. The van der Waals surface area contributed by atoms with Gasteiger partial charge in [-0.05, 0) is 17.7 Å². The van der Waals surface area contributed by atoms with E-state index in [4.69, 9.17) is 9.26 Å². The molecule has 2 atom stereocenters. The fourth-order valence-corrected chi connectivity index (χ4v) is 5.04. The standard InChI is InChI=1S/C19H19N3O4S/c1-25-15-8-5-9-16(10-15)27(23,24)22-11-17(14-6-3-2-4-7-14)18(12-22)19-20-13-26-21-19/h2-10,13,17-18H,11-12H2,1H3/t17-,18-/m0/s1. The van der Waals surface area contributed by atoms with Gasteiger partial charge in [0.1, 0.15) is 5.75 Å². The van der Waals surface area contributed by atoms with E-state index in [-0.39, 0.29) is 16.7 Å². The van der Waals surface area contributed by atoms with Gasteiger partial charge >= 0.3 is 0 Å². The van der Waals surface area contributed by atoms with E-state index in [2.05, 4.69) is 10.1 Å². The SMILES string of the molecule is COc1cccc(S(=O)(=O)N2C[C@H](c3ncon3)[C@H](c3ccccc3)C2)c1. The number of methoxy groups -OCH3 is 1. The Labute approximate surface area is 157 Å². The smallest absolute Gasteiger partial charge is 0.243 e. The molecule has 0 unspecified atom stereocenters. The minimum Gasteiger partial charge on any atom is -0.497 e. The summed E-state index contributed by atoms with van der Waals surface area (Å²) in [6, 6.07) is 16.3. The molecule has 2 aromatic carbocycles. The van der Waals surface area contributed by atoms with Crippen molar-refractivity contribution in [2.75, 3.05) is 20.2 Å². The zero-order chi connectivity index (χ0) is 18.9. The van der Waals surface area contributed by atoms with Gasteiger partial charge in [-0.1, -0.05) is 41.6 Å². The lowest BCUT2D eigenvalue weighted by Crippen LogP contribution is -2.29. The molecule has 0 radical (unpaired) electrons. The predicted molar refractivity (Wildman–Crippen MR) is 98.0 cm³/mol. The van der Waals surface area contributed by atoms with Crippen LogP contribution in [0, 0.1) is 0 Å². The maximum absolute atomic E-state index is 13.2. The van der Waals surface area contributed by atoms with Crippen LogP contribution < -0.4 is 4.74 Å². The summed E-state index contributed by atoms with van der Waals surface area (Å²) in [7, 11) is -2.16. The van der Waals surface area contributed by atoms with Crippen molar-refractivity contribution in [3.8, 4) is 5.75 Å². The van der Waals surface area contributed by atoms with Crippen LogP contribution in [0.25, 0.3) is 0 Å².